The Morgan fingerprint density at radius 3 is 2.74 bits per heavy atom. The molecule has 0 atom stereocenters. The quantitative estimate of drug-likeness (QED) is 0.883. The largest absolute Gasteiger partial charge is 0.384 e. The average molecular weight is 263 g/mol. The smallest absolute Gasteiger partial charge is 0.250 e. The van der Waals surface area contributed by atoms with Gasteiger partial charge in [0.1, 0.15) is 0 Å². The number of nitrogens with zero attached hydrogens (tertiary/aromatic N) is 2. The van der Waals surface area contributed by atoms with E-state index < -0.39 is 0 Å². The Morgan fingerprint density at radius 1 is 1.32 bits per heavy atom. The van der Waals surface area contributed by atoms with Crippen molar-refractivity contribution in [1.29, 1.82) is 0 Å². The second-order valence-electron chi connectivity index (χ2n) is 5.58. The Morgan fingerprint density at radius 2 is 2.05 bits per heavy atom. The zero-order valence-electron chi connectivity index (χ0n) is 12.1. The molecule has 1 fully saturated rings. The fourth-order valence-corrected chi connectivity index (χ4v) is 2.58. The lowest BCUT2D eigenvalue weighted by Crippen LogP contribution is -2.33. The van der Waals surface area contributed by atoms with Crippen LogP contribution in [0.25, 0.3) is 0 Å². The van der Waals surface area contributed by atoms with Gasteiger partial charge >= 0.3 is 0 Å². The van der Waals surface area contributed by atoms with E-state index in [9.17, 15) is 4.79 Å². The van der Waals surface area contributed by atoms with Gasteiger partial charge in [-0.05, 0) is 51.4 Å². The van der Waals surface area contributed by atoms with Crippen molar-refractivity contribution < 1.29 is 0 Å². The molecule has 0 amide bonds. The highest BCUT2D eigenvalue weighted by molar-refractivity contribution is 5.40. The van der Waals surface area contributed by atoms with Crippen LogP contribution < -0.4 is 10.9 Å². The first-order chi connectivity index (χ1) is 9.19. The first-order valence-corrected chi connectivity index (χ1v) is 7.32. The van der Waals surface area contributed by atoms with Gasteiger partial charge in [0.2, 0.25) is 0 Å². The molecule has 106 valence electrons. The van der Waals surface area contributed by atoms with Gasteiger partial charge in [-0.25, -0.2) is 0 Å². The Hall–Kier alpha value is -1.29. The molecule has 1 aliphatic rings. The van der Waals surface area contributed by atoms with E-state index in [1.807, 2.05) is 12.3 Å². The number of pyridine rings is 1. The fraction of sp³-hybridized carbons (Fsp3) is 0.667. The number of anilines is 1. The molecule has 0 unspecified atom stereocenters. The molecule has 1 aromatic rings. The maximum Gasteiger partial charge on any atom is 0.250 e. The van der Waals surface area contributed by atoms with Gasteiger partial charge in [0.15, 0.2) is 0 Å². The van der Waals surface area contributed by atoms with Crippen molar-refractivity contribution in [2.75, 3.05) is 32.0 Å². The molecule has 0 radical (unpaired) electrons. The van der Waals surface area contributed by atoms with E-state index in [1.54, 1.807) is 10.6 Å². The molecule has 2 heterocycles. The average Bonchev–Trinajstić information content (AvgIpc) is 2.42. The van der Waals surface area contributed by atoms with Crippen molar-refractivity contribution >= 4 is 5.69 Å². The van der Waals surface area contributed by atoms with Crippen LogP contribution >= 0.6 is 0 Å². The van der Waals surface area contributed by atoms with Crippen LogP contribution in [0.1, 0.15) is 26.2 Å². The fourth-order valence-electron chi connectivity index (χ4n) is 2.58. The lowest BCUT2D eigenvalue weighted by molar-refractivity contribution is 0.226. The Bertz CT molecular complexity index is 447. The molecule has 19 heavy (non-hydrogen) atoms. The Labute approximate surface area is 115 Å². The number of likely N-dealkylation sites (tertiary alicyclic amines) is 1. The molecular formula is C15H25N3O. The molecule has 4 heteroatoms. The highest BCUT2D eigenvalue weighted by Gasteiger charge is 2.16. The summed E-state index contributed by atoms with van der Waals surface area (Å²) in [6.45, 7) is 6.29. The van der Waals surface area contributed by atoms with Gasteiger partial charge in [0.25, 0.3) is 5.56 Å². The van der Waals surface area contributed by atoms with E-state index in [0.29, 0.717) is 0 Å². The van der Waals surface area contributed by atoms with E-state index in [1.165, 1.54) is 25.9 Å². The third kappa shape index (κ3) is 4.10. The van der Waals surface area contributed by atoms with Gasteiger partial charge in [-0.1, -0.05) is 6.92 Å². The van der Waals surface area contributed by atoms with Crippen molar-refractivity contribution in [3.63, 3.8) is 0 Å². The summed E-state index contributed by atoms with van der Waals surface area (Å²) in [5.41, 5.74) is 1.15. The van der Waals surface area contributed by atoms with Crippen molar-refractivity contribution in [3.8, 4) is 0 Å². The molecule has 1 aromatic heterocycles. The number of rotatable bonds is 5. The van der Waals surface area contributed by atoms with E-state index >= 15 is 0 Å². The minimum Gasteiger partial charge on any atom is -0.384 e. The maximum atomic E-state index is 11.6. The second kappa shape index (κ2) is 6.75. The SMILES string of the molecule is CCCn1cc(NCC2CCN(C)CC2)ccc1=O. The lowest BCUT2D eigenvalue weighted by atomic mass is 9.97. The van der Waals surface area contributed by atoms with Crippen LogP contribution in [0, 0.1) is 5.92 Å². The molecule has 1 saturated heterocycles. The van der Waals surface area contributed by atoms with E-state index in [-0.39, 0.29) is 5.56 Å². The summed E-state index contributed by atoms with van der Waals surface area (Å²) in [5.74, 6) is 0.753. The van der Waals surface area contributed by atoms with Crippen molar-refractivity contribution in [2.24, 2.45) is 5.92 Å². The van der Waals surface area contributed by atoms with E-state index in [4.69, 9.17) is 0 Å². The first-order valence-electron chi connectivity index (χ1n) is 7.32. The second-order valence-corrected chi connectivity index (χ2v) is 5.58. The number of aromatic nitrogens is 1. The summed E-state index contributed by atoms with van der Waals surface area (Å²) in [5, 5.41) is 3.48. The van der Waals surface area contributed by atoms with Crippen molar-refractivity contribution in [2.45, 2.75) is 32.7 Å². The van der Waals surface area contributed by atoms with Crippen LogP contribution in [0.3, 0.4) is 0 Å². The highest BCUT2D eigenvalue weighted by atomic mass is 16.1. The molecule has 1 aliphatic heterocycles. The third-order valence-electron chi connectivity index (χ3n) is 3.88. The van der Waals surface area contributed by atoms with Gasteiger partial charge in [-0.3, -0.25) is 4.79 Å². The number of aryl methyl sites for hydroxylation is 1. The van der Waals surface area contributed by atoms with Crippen molar-refractivity contribution in [3.05, 3.63) is 28.7 Å². The molecule has 0 bridgehead atoms. The van der Waals surface area contributed by atoms with E-state index in [0.717, 1.165) is 31.1 Å². The lowest BCUT2D eigenvalue weighted by Gasteiger charge is -2.29. The van der Waals surface area contributed by atoms with Gasteiger partial charge in [-0.15, -0.1) is 0 Å². The highest BCUT2D eigenvalue weighted by Crippen LogP contribution is 2.16. The number of hydrogen-bond acceptors (Lipinski definition) is 3. The predicted molar refractivity (Wildman–Crippen MR) is 79.7 cm³/mol. The summed E-state index contributed by atoms with van der Waals surface area (Å²) < 4.78 is 1.79. The van der Waals surface area contributed by atoms with Gasteiger partial charge in [0, 0.05) is 25.4 Å². The summed E-state index contributed by atoms with van der Waals surface area (Å²) >= 11 is 0. The molecule has 0 aliphatic carbocycles. The molecule has 0 spiro atoms. The predicted octanol–water partition coefficient (Wildman–Crippen LogP) is 2.01. The van der Waals surface area contributed by atoms with Crippen LogP contribution in [-0.4, -0.2) is 36.1 Å². The molecule has 0 aromatic carbocycles. The zero-order chi connectivity index (χ0) is 13.7. The number of nitrogens with one attached hydrogen (secondary N) is 1. The minimum atomic E-state index is 0.0895. The van der Waals surface area contributed by atoms with Crippen molar-refractivity contribution in [1.82, 2.24) is 9.47 Å². The molecule has 4 nitrogen and oxygen atoms in total. The molecule has 0 saturated carbocycles. The topological polar surface area (TPSA) is 37.3 Å². The summed E-state index contributed by atoms with van der Waals surface area (Å²) in [6, 6.07) is 3.55. The molecular weight excluding hydrogens is 238 g/mol. The van der Waals surface area contributed by atoms with Crippen LogP contribution in [-0.2, 0) is 6.54 Å². The van der Waals surface area contributed by atoms with Crippen LogP contribution in [0.15, 0.2) is 23.1 Å². The van der Waals surface area contributed by atoms with Gasteiger partial charge in [0.05, 0.1) is 5.69 Å². The Kier molecular flexibility index (Phi) is 5.02. The Balaban J connectivity index is 1.89. The maximum absolute atomic E-state index is 11.6. The van der Waals surface area contributed by atoms with E-state index in [2.05, 4.69) is 24.2 Å². The normalized spacial score (nSPS) is 17.6. The zero-order valence-corrected chi connectivity index (χ0v) is 12.1. The summed E-state index contributed by atoms with van der Waals surface area (Å²) in [4.78, 5) is 14.0. The van der Waals surface area contributed by atoms with Crippen LogP contribution in [0.4, 0.5) is 5.69 Å². The molecule has 2 rings (SSSR count). The first kappa shape index (κ1) is 14.1. The minimum absolute atomic E-state index is 0.0895. The number of hydrogen-bond donors (Lipinski definition) is 1. The van der Waals surface area contributed by atoms with Gasteiger partial charge in [-0.2, -0.15) is 0 Å². The summed E-state index contributed by atoms with van der Waals surface area (Å²) in [6.07, 6.45) is 5.45. The standard InChI is InChI=1S/C15H25N3O/c1-3-8-18-12-14(4-5-15(18)19)16-11-13-6-9-17(2)10-7-13/h4-5,12-13,16H,3,6-11H2,1-2H3. The van der Waals surface area contributed by atoms with Crippen LogP contribution in [0.5, 0.6) is 0 Å². The summed E-state index contributed by atoms with van der Waals surface area (Å²) in [7, 11) is 2.18. The number of piperidine rings is 1. The molecule has 1 N–H and O–H groups in total. The monoisotopic (exact) mass is 263 g/mol. The van der Waals surface area contributed by atoms with Gasteiger partial charge < -0.3 is 14.8 Å². The third-order valence-corrected chi connectivity index (χ3v) is 3.88. The van der Waals surface area contributed by atoms with Crippen LogP contribution in [0.2, 0.25) is 0 Å².